The van der Waals surface area contributed by atoms with Crippen LogP contribution in [-0.4, -0.2) is 34.5 Å². The van der Waals surface area contributed by atoms with Crippen LogP contribution in [-0.2, 0) is 0 Å². The molecule has 1 amide bonds. The van der Waals surface area contributed by atoms with E-state index in [-0.39, 0.29) is 11.6 Å². The van der Waals surface area contributed by atoms with Gasteiger partial charge < -0.3 is 15.8 Å². The van der Waals surface area contributed by atoms with Gasteiger partial charge in [0, 0.05) is 5.69 Å². The molecule has 0 atom stereocenters. The number of benzene rings is 1. The van der Waals surface area contributed by atoms with Crippen molar-refractivity contribution < 1.29 is 9.53 Å². The number of amides is 1. The molecule has 0 aliphatic rings. The van der Waals surface area contributed by atoms with Crippen molar-refractivity contribution in [2.45, 2.75) is 0 Å². The second kappa shape index (κ2) is 5.67. The number of ether oxygens (including phenoxy) is 1. The van der Waals surface area contributed by atoms with Gasteiger partial charge in [-0.25, -0.2) is 0 Å². The zero-order valence-corrected chi connectivity index (χ0v) is 9.59. The van der Waals surface area contributed by atoms with Crippen molar-refractivity contribution in [3.8, 4) is 5.75 Å². The number of nitrogen functional groups attached to an aromatic ring is 1. The monoisotopic (exact) mass is 247 g/mol. The molecule has 0 aliphatic heterocycles. The number of hydrogen-bond donors (Lipinski definition) is 3. The van der Waals surface area contributed by atoms with Crippen molar-refractivity contribution >= 4 is 11.6 Å². The van der Waals surface area contributed by atoms with Gasteiger partial charge in [-0.1, -0.05) is 0 Å². The van der Waals surface area contributed by atoms with E-state index in [1.165, 1.54) is 6.20 Å². The van der Waals surface area contributed by atoms with E-state index in [9.17, 15) is 4.79 Å². The van der Waals surface area contributed by atoms with Crippen LogP contribution in [0.4, 0.5) is 5.69 Å². The number of hydrogen-bond acceptors (Lipinski definition) is 5. The summed E-state index contributed by atoms with van der Waals surface area (Å²) in [4.78, 5) is 11.5. The topological polar surface area (TPSA) is 106 Å². The van der Waals surface area contributed by atoms with Crippen molar-refractivity contribution in [2.75, 3.05) is 18.9 Å². The summed E-state index contributed by atoms with van der Waals surface area (Å²) in [5.41, 5.74) is 6.48. The van der Waals surface area contributed by atoms with Crippen molar-refractivity contribution in [3.63, 3.8) is 0 Å². The van der Waals surface area contributed by atoms with Gasteiger partial charge in [0.2, 0.25) is 0 Å². The summed E-state index contributed by atoms with van der Waals surface area (Å²) in [6.45, 7) is 0.754. The number of nitrogens with two attached hydrogens (primary N) is 1. The van der Waals surface area contributed by atoms with Gasteiger partial charge in [-0.05, 0) is 24.3 Å². The average Bonchev–Trinajstić information content (AvgIpc) is 2.90. The molecule has 0 aliphatic carbocycles. The molecule has 0 fully saturated rings. The van der Waals surface area contributed by atoms with Crippen LogP contribution in [0.25, 0.3) is 0 Å². The lowest BCUT2D eigenvalue weighted by Gasteiger charge is -2.06. The van der Waals surface area contributed by atoms with Crippen molar-refractivity contribution in [1.29, 1.82) is 0 Å². The zero-order chi connectivity index (χ0) is 12.8. The first-order valence-electron chi connectivity index (χ1n) is 5.38. The fraction of sp³-hybridized carbons (Fsp3) is 0.182. The van der Waals surface area contributed by atoms with Crippen molar-refractivity contribution in [2.24, 2.45) is 0 Å². The van der Waals surface area contributed by atoms with Crippen LogP contribution in [0.15, 0.2) is 30.5 Å². The van der Waals surface area contributed by atoms with Gasteiger partial charge in [-0.3, -0.25) is 4.79 Å². The molecule has 94 valence electrons. The summed E-state index contributed by atoms with van der Waals surface area (Å²) in [7, 11) is 0. The number of aromatic amines is 1. The molecule has 7 nitrogen and oxygen atoms in total. The van der Waals surface area contributed by atoms with Crippen LogP contribution in [0, 0.1) is 0 Å². The Kier molecular flexibility index (Phi) is 3.75. The molecular formula is C11H13N5O2. The number of H-pyrrole nitrogens is 1. The third kappa shape index (κ3) is 3.21. The molecule has 0 radical (unpaired) electrons. The van der Waals surface area contributed by atoms with Crippen LogP contribution in [0.3, 0.4) is 0 Å². The highest BCUT2D eigenvalue weighted by Gasteiger charge is 2.06. The van der Waals surface area contributed by atoms with E-state index in [0.717, 1.165) is 0 Å². The Morgan fingerprint density at radius 3 is 2.83 bits per heavy atom. The maximum Gasteiger partial charge on any atom is 0.273 e. The standard InChI is InChI=1S/C11H13N5O2/c12-8-1-3-9(4-2-8)18-6-5-13-11(17)10-7-14-16-15-10/h1-4,7H,5-6,12H2,(H,13,17)(H,14,15,16). The number of aromatic nitrogens is 3. The number of rotatable bonds is 5. The molecule has 0 spiro atoms. The maximum atomic E-state index is 11.5. The number of nitrogens with one attached hydrogen (secondary N) is 2. The molecule has 0 unspecified atom stereocenters. The lowest BCUT2D eigenvalue weighted by Crippen LogP contribution is -2.28. The quantitative estimate of drug-likeness (QED) is 0.517. The third-order valence-corrected chi connectivity index (χ3v) is 2.18. The molecule has 0 bridgehead atoms. The van der Waals surface area contributed by atoms with Gasteiger partial charge in [-0.2, -0.15) is 15.4 Å². The first-order valence-corrected chi connectivity index (χ1v) is 5.38. The first-order chi connectivity index (χ1) is 8.75. The highest BCUT2D eigenvalue weighted by Crippen LogP contribution is 2.12. The van der Waals surface area contributed by atoms with Gasteiger partial charge in [0.1, 0.15) is 12.4 Å². The Balaban J connectivity index is 1.70. The molecule has 2 rings (SSSR count). The Hall–Kier alpha value is -2.57. The summed E-state index contributed by atoms with van der Waals surface area (Å²) in [6.07, 6.45) is 1.36. The maximum absolute atomic E-state index is 11.5. The molecule has 1 heterocycles. The van der Waals surface area contributed by atoms with Crippen LogP contribution in [0.1, 0.15) is 10.5 Å². The van der Waals surface area contributed by atoms with E-state index < -0.39 is 0 Å². The van der Waals surface area contributed by atoms with E-state index in [2.05, 4.69) is 20.7 Å². The summed E-state index contributed by atoms with van der Waals surface area (Å²) in [6, 6.07) is 7.05. The predicted octanol–water partition coefficient (Wildman–Crippen LogP) is 0.196. The second-order valence-electron chi connectivity index (χ2n) is 3.53. The van der Waals surface area contributed by atoms with Crippen LogP contribution in [0.2, 0.25) is 0 Å². The summed E-state index contributed by atoms with van der Waals surface area (Å²) in [5, 5.41) is 12.2. The first kappa shape index (κ1) is 11.9. The van der Waals surface area contributed by atoms with E-state index in [1.807, 2.05) is 0 Å². The predicted molar refractivity (Wildman–Crippen MR) is 65.1 cm³/mol. The minimum atomic E-state index is -0.287. The van der Waals surface area contributed by atoms with Crippen molar-refractivity contribution in [3.05, 3.63) is 36.2 Å². The smallest absolute Gasteiger partial charge is 0.273 e. The summed E-state index contributed by atoms with van der Waals surface area (Å²) in [5.74, 6) is 0.421. The fourth-order valence-electron chi connectivity index (χ4n) is 1.30. The second-order valence-corrected chi connectivity index (χ2v) is 3.53. The number of anilines is 1. The minimum absolute atomic E-state index is 0.252. The molecule has 4 N–H and O–H groups in total. The number of carbonyl (C=O) groups excluding carboxylic acids is 1. The zero-order valence-electron chi connectivity index (χ0n) is 9.59. The van der Waals surface area contributed by atoms with Gasteiger partial charge in [-0.15, -0.1) is 0 Å². The molecule has 18 heavy (non-hydrogen) atoms. The van der Waals surface area contributed by atoms with Gasteiger partial charge >= 0.3 is 0 Å². The average molecular weight is 247 g/mol. The normalized spacial score (nSPS) is 10.0. The SMILES string of the molecule is Nc1ccc(OCCNC(=O)c2cn[nH]n2)cc1. The Labute approximate surface area is 103 Å². The van der Waals surface area contributed by atoms with E-state index >= 15 is 0 Å². The van der Waals surface area contributed by atoms with Gasteiger partial charge in [0.15, 0.2) is 5.69 Å². The Morgan fingerprint density at radius 2 is 2.17 bits per heavy atom. The Morgan fingerprint density at radius 1 is 1.39 bits per heavy atom. The van der Waals surface area contributed by atoms with E-state index in [1.54, 1.807) is 24.3 Å². The molecule has 2 aromatic rings. The van der Waals surface area contributed by atoms with Gasteiger partial charge in [0.05, 0.1) is 12.7 Å². The number of nitrogens with zero attached hydrogens (tertiary/aromatic N) is 2. The molecule has 7 heteroatoms. The minimum Gasteiger partial charge on any atom is -0.492 e. The highest BCUT2D eigenvalue weighted by molar-refractivity contribution is 5.91. The summed E-state index contributed by atoms with van der Waals surface area (Å²) >= 11 is 0. The molecular weight excluding hydrogens is 234 g/mol. The molecule has 0 saturated carbocycles. The van der Waals surface area contributed by atoms with Gasteiger partial charge in [0.25, 0.3) is 5.91 Å². The van der Waals surface area contributed by atoms with Crippen LogP contribution < -0.4 is 15.8 Å². The largest absolute Gasteiger partial charge is 0.492 e. The number of carbonyl (C=O) groups is 1. The Bertz CT molecular complexity index is 495. The van der Waals surface area contributed by atoms with E-state index in [0.29, 0.717) is 24.6 Å². The summed E-state index contributed by atoms with van der Waals surface area (Å²) < 4.78 is 5.41. The molecule has 1 aromatic heterocycles. The lowest BCUT2D eigenvalue weighted by atomic mass is 10.3. The highest BCUT2D eigenvalue weighted by atomic mass is 16.5. The lowest BCUT2D eigenvalue weighted by molar-refractivity contribution is 0.0942. The molecule has 1 aromatic carbocycles. The van der Waals surface area contributed by atoms with Crippen LogP contribution in [0.5, 0.6) is 5.75 Å². The van der Waals surface area contributed by atoms with Crippen LogP contribution >= 0.6 is 0 Å². The van der Waals surface area contributed by atoms with E-state index in [4.69, 9.17) is 10.5 Å². The van der Waals surface area contributed by atoms with Crippen molar-refractivity contribution in [1.82, 2.24) is 20.7 Å². The fourth-order valence-corrected chi connectivity index (χ4v) is 1.30. The third-order valence-electron chi connectivity index (χ3n) is 2.18. The molecule has 0 saturated heterocycles.